The van der Waals surface area contributed by atoms with E-state index in [1.165, 1.54) is 28.7 Å². The molecule has 3 saturated carbocycles. The summed E-state index contributed by atoms with van der Waals surface area (Å²) in [5.74, 6) is 0.721. The van der Waals surface area contributed by atoms with Gasteiger partial charge in [0, 0.05) is 44.2 Å². The van der Waals surface area contributed by atoms with Gasteiger partial charge in [-0.15, -0.1) is 0 Å². The summed E-state index contributed by atoms with van der Waals surface area (Å²) in [6, 6.07) is 8.04. The van der Waals surface area contributed by atoms with Crippen LogP contribution in [0.25, 0.3) is 0 Å². The van der Waals surface area contributed by atoms with Gasteiger partial charge in [-0.05, 0) is 164 Å². The van der Waals surface area contributed by atoms with Gasteiger partial charge in [-0.1, -0.05) is 84.4 Å². The molecule has 2 N–H and O–H groups in total. The number of allylic oxidation sites excluding steroid dienone is 5. The third kappa shape index (κ3) is 7.19. The fourth-order valence-electron chi connectivity index (χ4n) is 14.3. The lowest BCUT2D eigenvalue weighted by atomic mass is 9.33. The lowest BCUT2D eigenvalue weighted by Gasteiger charge is -2.71. The Morgan fingerprint density at radius 3 is 2.26 bits per heavy atom. The number of halogens is 1. The van der Waals surface area contributed by atoms with Crippen molar-refractivity contribution >= 4 is 29.3 Å². The molecule has 1 aromatic carbocycles. The van der Waals surface area contributed by atoms with Gasteiger partial charge in [0.05, 0.1) is 11.3 Å². The van der Waals surface area contributed by atoms with Crippen LogP contribution in [0.1, 0.15) is 125 Å². The molecular weight excluding hydrogens is 742 g/mol. The Labute approximate surface area is 354 Å². The number of nitrogens with zero attached hydrogens (tertiary/aromatic N) is 2. The number of benzene rings is 1. The molecule has 0 heterocycles. The van der Waals surface area contributed by atoms with E-state index in [1.807, 2.05) is 12.1 Å². The predicted molar refractivity (Wildman–Crippen MR) is 234 cm³/mol. The summed E-state index contributed by atoms with van der Waals surface area (Å²) in [6.45, 7) is 20.9. The van der Waals surface area contributed by atoms with E-state index < -0.39 is 11.4 Å². The SMILES string of the molecule is CC(C)C1=C2C3CCC4[C@@]5(C)CC=C(C6=CC[C@H](C(=O)O)CC6)C(C)(C)C5CC[C@@]4(C)[C@]3(C)CC[C@@]2(C(=O)NCCN(CCN(C)C)Cc2ccc(Cl)cc2)CC1=O. The summed E-state index contributed by atoms with van der Waals surface area (Å²) in [5, 5.41) is 13.8. The Kier molecular flexibility index (Phi) is 11.9. The molecule has 0 bridgehead atoms. The van der Waals surface area contributed by atoms with E-state index in [2.05, 4.69) is 102 Å². The van der Waals surface area contributed by atoms with Gasteiger partial charge in [0.2, 0.25) is 5.91 Å². The second-order valence-corrected chi connectivity index (χ2v) is 21.8. The highest BCUT2D eigenvalue weighted by atomic mass is 35.5. The number of nitrogens with one attached hydrogen (secondary N) is 1. The number of fused-ring (bicyclic) bond motifs is 7. The van der Waals surface area contributed by atoms with Gasteiger partial charge >= 0.3 is 5.97 Å². The first kappa shape index (κ1) is 43.4. The summed E-state index contributed by atoms with van der Waals surface area (Å²) in [4.78, 5) is 45.4. The number of ketones is 1. The molecule has 58 heavy (non-hydrogen) atoms. The van der Waals surface area contributed by atoms with Gasteiger partial charge in [0.15, 0.2) is 5.78 Å². The second-order valence-electron chi connectivity index (χ2n) is 21.3. The third-order valence-corrected chi connectivity index (χ3v) is 17.7. The number of carbonyl (C=O) groups excluding carboxylic acids is 2. The van der Waals surface area contributed by atoms with Crippen molar-refractivity contribution in [3.05, 3.63) is 69.3 Å². The number of amides is 1. The van der Waals surface area contributed by atoms with Crippen LogP contribution in [0.3, 0.4) is 0 Å². The second kappa shape index (κ2) is 15.9. The average molecular weight is 815 g/mol. The van der Waals surface area contributed by atoms with E-state index in [9.17, 15) is 19.5 Å². The van der Waals surface area contributed by atoms with Crippen LogP contribution >= 0.6 is 11.6 Å². The highest BCUT2D eigenvalue weighted by Crippen LogP contribution is 2.76. The van der Waals surface area contributed by atoms with Crippen LogP contribution in [0.4, 0.5) is 0 Å². The molecule has 3 fully saturated rings. The van der Waals surface area contributed by atoms with Crippen LogP contribution in [0, 0.1) is 56.7 Å². The zero-order chi connectivity index (χ0) is 42.0. The molecule has 0 aromatic heterocycles. The Balaban J connectivity index is 1.13. The molecule has 6 aliphatic carbocycles. The molecule has 8 heteroatoms. The number of Topliss-reactive ketones (excluding diaryl/α,β-unsaturated/α-hetero) is 1. The highest BCUT2D eigenvalue weighted by Gasteiger charge is 2.70. The Morgan fingerprint density at radius 2 is 1.62 bits per heavy atom. The molecule has 3 unspecified atom stereocenters. The molecule has 0 spiro atoms. The molecule has 1 amide bonds. The molecule has 6 aliphatic rings. The summed E-state index contributed by atoms with van der Waals surface area (Å²) in [7, 11) is 4.18. The molecule has 0 radical (unpaired) electrons. The summed E-state index contributed by atoms with van der Waals surface area (Å²) in [5.41, 5.74) is 5.70. The molecular formula is C50H72ClN3O4. The predicted octanol–water partition coefficient (Wildman–Crippen LogP) is 10.1. The monoisotopic (exact) mass is 814 g/mol. The maximum atomic E-state index is 14.8. The van der Waals surface area contributed by atoms with Crippen LogP contribution in [0.15, 0.2) is 58.7 Å². The third-order valence-electron chi connectivity index (χ3n) is 17.4. The minimum Gasteiger partial charge on any atom is -0.481 e. The molecule has 0 aliphatic heterocycles. The Hall–Kier alpha value is -2.74. The van der Waals surface area contributed by atoms with Crippen LogP contribution in [-0.4, -0.2) is 72.8 Å². The summed E-state index contributed by atoms with van der Waals surface area (Å²) < 4.78 is 0. The van der Waals surface area contributed by atoms with Crippen molar-refractivity contribution in [2.75, 3.05) is 40.3 Å². The zero-order valence-electron chi connectivity index (χ0n) is 37.1. The molecule has 7 nitrogen and oxygen atoms in total. The van der Waals surface area contributed by atoms with Gasteiger partial charge < -0.3 is 15.3 Å². The van der Waals surface area contributed by atoms with Crippen LogP contribution in [0.2, 0.25) is 5.02 Å². The van der Waals surface area contributed by atoms with Crippen LogP contribution in [-0.2, 0) is 20.9 Å². The fraction of sp³-hybridized carbons (Fsp3) is 0.700. The van der Waals surface area contributed by atoms with Crippen molar-refractivity contribution in [1.29, 1.82) is 0 Å². The number of hydrogen-bond acceptors (Lipinski definition) is 5. The normalized spacial score (nSPS) is 35.6. The molecule has 0 saturated heterocycles. The summed E-state index contributed by atoms with van der Waals surface area (Å²) in [6.07, 6.45) is 14.6. The zero-order valence-corrected chi connectivity index (χ0v) is 37.9. The number of likely N-dealkylation sites (N-methyl/N-ethyl adjacent to an activating group) is 1. The van der Waals surface area contributed by atoms with Crippen LogP contribution < -0.4 is 5.32 Å². The molecule has 1 aromatic rings. The largest absolute Gasteiger partial charge is 0.481 e. The maximum absolute atomic E-state index is 14.8. The first-order valence-corrected chi connectivity index (χ1v) is 23.0. The van der Waals surface area contributed by atoms with E-state index in [4.69, 9.17) is 11.6 Å². The maximum Gasteiger partial charge on any atom is 0.306 e. The minimum absolute atomic E-state index is 0.00978. The fourth-order valence-corrected chi connectivity index (χ4v) is 14.4. The van der Waals surface area contributed by atoms with E-state index in [-0.39, 0.29) is 51.1 Å². The first-order chi connectivity index (χ1) is 27.3. The Morgan fingerprint density at radius 1 is 0.897 bits per heavy atom. The van der Waals surface area contributed by atoms with E-state index in [0.717, 1.165) is 88.1 Å². The molecule has 318 valence electrons. The van der Waals surface area contributed by atoms with Crippen molar-refractivity contribution in [2.45, 2.75) is 126 Å². The van der Waals surface area contributed by atoms with Crippen molar-refractivity contribution in [3.63, 3.8) is 0 Å². The number of rotatable bonds is 12. The van der Waals surface area contributed by atoms with E-state index in [0.29, 0.717) is 31.2 Å². The highest BCUT2D eigenvalue weighted by molar-refractivity contribution is 6.30. The Bertz CT molecular complexity index is 1880. The average Bonchev–Trinajstić information content (AvgIpc) is 3.48. The number of carboxylic acid groups (broad SMARTS) is 1. The summed E-state index contributed by atoms with van der Waals surface area (Å²) >= 11 is 6.19. The number of carbonyl (C=O) groups is 3. The number of carboxylic acids is 1. The van der Waals surface area contributed by atoms with E-state index >= 15 is 0 Å². The van der Waals surface area contributed by atoms with Crippen LogP contribution in [0.5, 0.6) is 0 Å². The topological polar surface area (TPSA) is 89.9 Å². The van der Waals surface area contributed by atoms with Gasteiger partial charge in [-0.2, -0.15) is 0 Å². The van der Waals surface area contributed by atoms with Gasteiger partial charge in [-0.25, -0.2) is 0 Å². The number of aliphatic carboxylic acids is 1. The minimum atomic E-state index is -0.756. The van der Waals surface area contributed by atoms with Gasteiger partial charge in [0.25, 0.3) is 0 Å². The van der Waals surface area contributed by atoms with Gasteiger partial charge in [-0.3, -0.25) is 19.3 Å². The smallest absolute Gasteiger partial charge is 0.306 e. The molecule has 8 atom stereocenters. The van der Waals surface area contributed by atoms with Crippen molar-refractivity contribution in [3.8, 4) is 0 Å². The van der Waals surface area contributed by atoms with Crippen molar-refractivity contribution < 1.29 is 19.5 Å². The van der Waals surface area contributed by atoms with Crippen molar-refractivity contribution in [1.82, 2.24) is 15.1 Å². The lowest BCUT2D eigenvalue weighted by molar-refractivity contribution is -0.199. The van der Waals surface area contributed by atoms with Crippen molar-refractivity contribution in [2.24, 2.45) is 56.7 Å². The lowest BCUT2D eigenvalue weighted by Crippen LogP contribution is -2.64. The first-order valence-electron chi connectivity index (χ1n) is 22.6. The van der Waals surface area contributed by atoms with E-state index in [1.54, 1.807) is 0 Å². The number of hydrogen-bond donors (Lipinski definition) is 2. The molecule has 7 rings (SSSR count). The van der Waals surface area contributed by atoms with Gasteiger partial charge in [0.1, 0.15) is 0 Å². The quantitative estimate of drug-likeness (QED) is 0.219. The standard InChI is InChI=1S/C50H72ClN3O4/c1-32(2)42-39(55)30-50(45(58)52-26-27-54(29-28-53(8)9)31-33-10-16-36(51)17-11-33)25-24-48(6)38(43(42)50)18-19-41-47(5)22-20-37(34-12-14-35(15-13-34)44(56)57)46(3,4)40(47)21-23-49(41,48)7/h10-12,16-17,20,32,35,38,40-41H,13-15,18-19,21-31H2,1-9H3,(H,52,58)(H,56,57)/t35-,38?,40?,41?,47-,48+,49+,50+/m0/s1.